The van der Waals surface area contributed by atoms with Crippen LogP contribution in [0.3, 0.4) is 0 Å². The molecule has 0 bridgehead atoms. The van der Waals surface area contributed by atoms with Gasteiger partial charge in [0.05, 0.1) is 22.1 Å². The molecule has 0 saturated carbocycles. The minimum atomic E-state index is 1.16. The minimum absolute atomic E-state index is 1.16. The molecular weight excluding hydrogens is 701 g/mol. The number of fused-ring (bicyclic) bond motifs is 8. The second-order valence-electron chi connectivity index (χ2n) is 15.4. The molecule has 2 heterocycles. The van der Waals surface area contributed by atoms with Gasteiger partial charge in [-0.2, -0.15) is 0 Å². The van der Waals surface area contributed by atoms with Crippen LogP contribution in [0.1, 0.15) is 0 Å². The SMILES string of the molecule is c1ccc(-c2ccc3cc(-n4c5ccccc5c5ccc(-c6ccc(-c7ccc8c9ccccc9n(-c9ccc%10ccccc%10c9)c8c7)cc6)cc54)ccc3c2)cc1. The number of hydrogen-bond acceptors (Lipinski definition) is 0. The number of aromatic nitrogens is 2. The minimum Gasteiger partial charge on any atom is -0.309 e. The Morgan fingerprint density at radius 3 is 1.19 bits per heavy atom. The van der Waals surface area contributed by atoms with Gasteiger partial charge in [-0.1, -0.05) is 164 Å². The molecule has 0 N–H and O–H groups in total. The molecule has 10 aromatic carbocycles. The van der Waals surface area contributed by atoms with E-state index >= 15 is 0 Å². The zero-order valence-electron chi connectivity index (χ0n) is 31.7. The Bertz CT molecular complexity index is 3550. The van der Waals surface area contributed by atoms with Crippen LogP contribution < -0.4 is 0 Å². The molecule has 2 nitrogen and oxygen atoms in total. The summed E-state index contributed by atoms with van der Waals surface area (Å²) in [5.74, 6) is 0. The van der Waals surface area contributed by atoms with Gasteiger partial charge in [0, 0.05) is 32.9 Å². The average molecular weight is 737 g/mol. The van der Waals surface area contributed by atoms with Crippen molar-refractivity contribution in [2.45, 2.75) is 0 Å². The van der Waals surface area contributed by atoms with Gasteiger partial charge in [-0.25, -0.2) is 0 Å². The summed E-state index contributed by atoms with van der Waals surface area (Å²) in [6.07, 6.45) is 0. The Morgan fingerprint density at radius 2 is 0.586 bits per heavy atom. The summed E-state index contributed by atoms with van der Waals surface area (Å²) < 4.78 is 4.84. The Morgan fingerprint density at radius 1 is 0.207 bits per heavy atom. The lowest BCUT2D eigenvalue weighted by Crippen LogP contribution is -1.94. The van der Waals surface area contributed by atoms with Crippen LogP contribution in [0, 0.1) is 0 Å². The molecule has 12 aromatic rings. The van der Waals surface area contributed by atoms with Crippen LogP contribution >= 0.6 is 0 Å². The number of para-hydroxylation sites is 2. The maximum Gasteiger partial charge on any atom is 0.0547 e. The van der Waals surface area contributed by atoms with E-state index in [0.717, 1.165) is 5.69 Å². The first-order valence-electron chi connectivity index (χ1n) is 20.0. The molecule has 2 heteroatoms. The molecule has 0 aliphatic carbocycles. The predicted octanol–water partition coefficient (Wildman–Crippen LogP) is 15.2. The second kappa shape index (κ2) is 12.9. The lowest BCUT2D eigenvalue weighted by Gasteiger charge is -2.12. The molecule has 0 saturated heterocycles. The Kier molecular flexibility index (Phi) is 7.26. The van der Waals surface area contributed by atoms with Crippen molar-refractivity contribution in [1.29, 1.82) is 0 Å². The van der Waals surface area contributed by atoms with Gasteiger partial charge >= 0.3 is 0 Å². The highest BCUT2D eigenvalue weighted by Crippen LogP contribution is 2.38. The van der Waals surface area contributed by atoms with Gasteiger partial charge in [-0.15, -0.1) is 0 Å². The standard InChI is InChI=1S/C56H36N2/c1-2-10-37(11-3-1)42-22-23-44-34-48(29-25-43(44)32-42)58-54-17-9-7-15-50(54)52-31-27-46(36-56(52)58)40-20-18-39(19-21-40)45-26-30-51-49-14-6-8-16-53(49)57(55(51)35-45)47-28-24-38-12-4-5-13-41(38)33-47/h1-36H. The maximum absolute atomic E-state index is 2.43. The molecule has 0 spiro atoms. The van der Waals surface area contributed by atoms with E-state index in [0.29, 0.717) is 0 Å². The molecular formula is C56H36N2. The second-order valence-corrected chi connectivity index (χ2v) is 15.4. The Balaban J connectivity index is 0.935. The monoisotopic (exact) mass is 736 g/mol. The maximum atomic E-state index is 2.43. The Labute approximate surface area is 336 Å². The molecule has 270 valence electrons. The van der Waals surface area contributed by atoms with Crippen LogP contribution in [-0.4, -0.2) is 9.13 Å². The smallest absolute Gasteiger partial charge is 0.0547 e. The first-order valence-corrected chi connectivity index (χ1v) is 20.0. The lowest BCUT2D eigenvalue weighted by molar-refractivity contribution is 1.19. The Hall–Kier alpha value is -7.68. The van der Waals surface area contributed by atoms with Crippen molar-refractivity contribution in [3.8, 4) is 44.8 Å². The van der Waals surface area contributed by atoms with Gasteiger partial charge in [0.25, 0.3) is 0 Å². The van der Waals surface area contributed by atoms with Crippen LogP contribution in [-0.2, 0) is 0 Å². The fourth-order valence-electron chi connectivity index (χ4n) is 9.21. The predicted molar refractivity (Wildman–Crippen MR) is 246 cm³/mol. The van der Waals surface area contributed by atoms with Gasteiger partial charge in [0.15, 0.2) is 0 Å². The zero-order valence-corrected chi connectivity index (χ0v) is 31.7. The van der Waals surface area contributed by atoms with E-state index in [2.05, 4.69) is 228 Å². The number of benzene rings is 10. The summed E-state index contributed by atoms with van der Waals surface area (Å²) >= 11 is 0. The van der Waals surface area contributed by atoms with Crippen molar-refractivity contribution < 1.29 is 0 Å². The first-order chi connectivity index (χ1) is 28.7. The molecule has 0 amide bonds. The van der Waals surface area contributed by atoms with E-state index in [1.165, 1.54) is 104 Å². The van der Waals surface area contributed by atoms with Crippen LogP contribution in [0.4, 0.5) is 0 Å². The highest BCUT2D eigenvalue weighted by molar-refractivity contribution is 6.12. The number of nitrogens with zero attached hydrogens (tertiary/aromatic N) is 2. The zero-order chi connectivity index (χ0) is 38.2. The van der Waals surface area contributed by atoms with Gasteiger partial charge in [0.1, 0.15) is 0 Å². The third kappa shape index (κ3) is 5.19. The van der Waals surface area contributed by atoms with E-state index in [4.69, 9.17) is 0 Å². The molecule has 0 aliphatic heterocycles. The van der Waals surface area contributed by atoms with E-state index in [-0.39, 0.29) is 0 Å². The van der Waals surface area contributed by atoms with Crippen molar-refractivity contribution >= 4 is 65.2 Å². The molecule has 2 aromatic heterocycles. The summed E-state index contributed by atoms with van der Waals surface area (Å²) in [6.45, 7) is 0. The van der Waals surface area contributed by atoms with Crippen molar-refractivity contribution in [3.05, 3.63) is 218 Å². The summed E-state index contributed by atoms with van der Waals surface area (Å²) in [4.78, 5) is 0. The van der Waals surface area contributed by atoms with Gasteiger partial charge in [0.2, 0.25) is 0 Å². The van der Waals surface area contributed by atoms with E-state index in [1.54, 1.807) is 0 Å². The van der Waals surface area contributed by atoms with Crippen LogP contribution in [0.2, 0.25) is 0 Å². The molecule has 0 fully saturated rings. The van der Waals surface area contributed by atoms with Crippen LogP contribution in [0.25, 0.3) is 110 Å². The summed E-state index contributed by atoms with van der Waals surface area (Å²) in [7, 11) is 0. The molecule has 0 unspecified atom stereocenters. The topological polar surface area (TPSA) is 9.86 Å². The van der Waals surface area contributed by atoms with E-state index in [1.807, 2.05) is 0 Å². The van der Waals surface area contributed by atoms with Gasteiger partial charge in [-0.3, -0.25) is 0 Å². The normalized spacial score (nSPS) is 11.8. The van der Waals surface area contributed by atoms with Crippen molar-refractivity contribution in [2.75, 3.05) is 0 Å². The van der Waals surface area contributed by atoms with Gasteiger partial charge < -0.3 is 9.13 Å². The quantitative estimate of drug-likeness (QED) is 0.167. The average Bonchev–Trinajstić information content (AvgIpc) is 3.81. The third-order valence-corrected chi connectivity index (χ3v) is 12.1. The first kappa shape index (κ1) is 32.6. The van der Waals surface area contributed by atoms with Crippen molar-refractivity contribution in [3.63, 3.8) is 0 Å². The molecule has 12 rings (SSSR count). The third-order valence-electron chi connectivity index (χ3n) is 12.1. The summed E-state index contributed by atoms with van der Waals surface area (Å²) in [5, 5.41) is 10.00. The molecule has 0 aliphatic rings. The largest absolute Gasteiger partial charge is 0.309 e. The number of rotatable bonds is 5. The fourth-order valence-corrected chi connectivity index (χ4v) is 9.21. The molecule has 0 atom stereocenters. The molecule has 0 radical (unpaired) electrons. The highest BCUT2D eigenvalue weighted by Gasteiger charge is 2.16. The van der Waals surface area contributed by atoms with Crippen LogP contribution in [0.15, 0.2) is 218 Å². The van der Waals surface area contributed by atoms with Crippen molar-refractivity contribution in [1.82, 2.24) is 9.13 Å². The highest BCUT2D eigenvalue weighted by atomic mass is 15.0. The summed E-state index contributed by atoms with van der Waals surface area (Å²) in [6, 6.07) is 80.1. The lowest BCUT2D eigenvalue weighted by atomic mass is 9.98. The van der Waals surface area contributed by atoms with Gasteiger partial charge in [-0.05, 0) is 110 Å². The van der Waals surface area contributed by atoms with E-state index < -0.39 is 0 Å². The van der Waals surface area contributed by atoms with Crippen molar-refractivity contribution in [2.24, 2.45) is 0 Å². The van der Waals surface area contributed by atoms with Crippen LogP contribution in [0.5, 0.6) is 0 Å². The summed E-state index contributed by atoms with van der Waals surface area (Å²) in [5.41, 5.74) is 14.4. The van der Waals surface area contributed by atoms with E-state index in [9.17, 15) is 0 Å². The fraction of sp³-hybridized carbons (Fsp3) is 0. The molecule has 58 heavy (non-hydrogen) atoms. The number of hydrogen-bond donors (Lipinski definition) is 0.